The van der Waals surface area contributed by atoms with Gasteiger partial charge < -0.3 is 4.74 Å². The van der Waals surface area contributed by atoms with E-state index in [9.17, 15) is 14.4 Å². The number of rotatable bonds is 3. The molecule has 0 aliphatic carbocycles. The van der Waals surface area contributed by atoms with Crippen molar-refractivity contribution in [2.24, 2.45) is 0 Å². The third kappa shape index (κ3) is 2.54. The third-order valence-electron chi connectivity index (χ3n) is 4.16. The number of hydrogen-bond acceptors (Lipinski definition) is 4. The number of ether oxygens (including phenoxy) is 1. The van der Waals surface area contributed by atoms with Gasteiger partial charge in [-0.05, 0) is 35.2 Å². The predicted molar refractivity (Wildman–Crippen MR) is 93.5 cm³/mol. The maximum absolute atomic E-state index is 12.6. The highest BCUT2D eigenvalue weighted by Gasteiger charge is 2.28. The van der Waals surface area contributed by atoms with Crippen molar-refractivity contribution in [3.63, 3.8) is 0 Å². The van der Waals surface area contributed by atoms with E-state index in [1.165, 1.54) is 12.1 Å². The van der Waals surface area contributed by atoms with Crippen LogP contribution < -0.4 is 0 Å². The van der Waals surface area contributed by atoms with Gasteiger partial charge in [0.05, 0.1) is 11.1 Å². The molecule has 3 aromatic rings. The number of carbonyl (C=O) groups excluding carboxylic acids is 3. The van der Waals surface area contributed by atoms with Gasteiger partial charge in [-0.1, -0.05) is 48.5 Å². The number of benzene rings is 3. The lowest BCUT2D eigenvalue weighted by atomic mass is 9.92. The van der Waals surface area contributed by atoms with Crippen molar-refractivity contribution in [2.75, 3.05) is 0 Å². The molecule has 1 aliphatic rings. The average Bonchev–Trinajstić information content (AvgIpc) is 2.64. The zero-order valence-electron chi connectivity index (χ0n) is 13.1. The first-order valence-corrected chi connectivity index (χ1v) is 7.75. The Morgan fingerprint density at radius 2 is 1.52 bits per heavy atom. The number of allylic oxidation sites excluding steroid dienone is 1. The maximum atomic E-state index is 12.6. The van der Waals surface area contributed by atoms with E-state index in [0.29, 0.717) is 27.5 Å². The van der Waals surface area contributed by atoms with Crippen LogP contribution in [0.4, 0.5) is 0 Å². The minimum absolute atomic E-state index is 0.195. The van der Waals surface area contributed by atoms with Crippen molar-refractivity contribution in [1.82, 2.24) is 0 Å². The zero-order valence-corrected chi connectivity index (χ0v) is 13.1. The summed E-state index contributed by atoms with van der Waals surface area (Å²) in [6, 6.07) is 17.6. The van der Waals surface area contributed by atoms with Crippen molar-refractivity contribution in [3.8, 4) is 0 Å². The van der Waals surface area contributed by atoms with Crippen molar-refractivity contribution < 1.29 is 19.1 Å². The van der Waals surface area contributed by atoms with Crippen molar-refractivity contribution in [3.05, 3.63) is 89.0 Å². The van der Waals surface area contributed by atoms with Crippen molar-refractivity contribution in [2.45, 2.75) is 0 Å². The molecule has 0 amide bonds. The van der Waals surface area contributed by atoms with Gasteiger partial charge in [0.15, 0.2) is 5.78 Å². The number of cyclic esters (lactones) is 2. The zero-order chi connectivity index (χ0) is 17.4. The third-order valence-corrected chi connectivity index (χ3v) is 4.16. The fourth-order valence-electron chi connectivity index (χ4n) is 2.98. The Balaban J connectivity index is 1.83. The molecule has 1 heterocycles. The fourth-order valence-corrected chi connectivity index (χ4v) is 2.98. The van der Waals surface area contributed by atoms with Crippen LogP contribution in [0.15, 0.2) is 66.7 Å². The lowest BCUT2D eigenvalue weighted by molar-refractivity contribution is 0.0391. The Labute approximate surface area is 143 Å². The van der Waals surface area contributed by atoms with E-state index < -0.39 is 11.9 Å². The summed E-state index contributed by atoms with van der Waals surface area (Å²) in [5.74, 6) is -1.57. The average molecular weight is 328 g/mol. The molecule has 4 heteroatoms. The smallest absolute Gasteiger partial charge is 0.346 e. The molecule has 3 aromatic carbocycles. The summed E-state index contributed by atoms with van der Waals surface area (Å²) in [5, 5.41) is 1.05. The van der Waals surface area contributed by atoms with Gasteiger partial charge >= 0.3 is 11.9 Å². The SMILES string of the molecule is O=C(C=Cc1ccccc1)c1ccc2c3c(cccc13)C(=O)OC2=O. The van der Waals surface area contributed by atoms with E-state index in [2.05, 4.69) is 0 Å². The molecule has 25 heavy (non-hydrogen) atoms. The molecule has 120 valence electrons. The second kappa shape index (κ2) is 5.83. The number of ketones is 1. The molecule has 0 atom stereocenters. The largest absolute Gasteiger partial charge is 0.386 e. The van der Waals surface area contributed by atoms with Crippen LogP contribution in [0.2, 0.25) is 0 Å². The molecular formula is C21H12O4. The van der Waals surface area contributed by atoms with Crippen molar-refractivity contribution >= 4 is 34.6 Å². The molecule has 0 saturated heterocycles. The first-order chi connectivity index (χ1) is 12.1. The summed E-state index contributed by atoms with van der Waals surface area (Å²) in [6.07, 6.45) is 3.22. The summed E-state index contributed by atoms with van der Waals surface area (Å²) in [6.45, 7) is 0. The van der Waals surface area contributed by atoms with Gasteiger partial charge in [-0.2, -0.15) is 0 Å². The maximum Gasteiger partial charge on any atom is 0.346 e. The van der Waals surface area contributed by atoms with Gasteiger partial charge in [-0.3, -0.25) is 4.79 Å². The van der Waals surface area contributed by atoms with Gasteiger partial charge in [-0.15, -0.1) is 0 Å². The number of esters is 2. The normalized spacial score (nSPS) is 13.3. The van der Waals surface area contributed by atoms with Crippen molar-refractivity contribution in [1.29, 1.82) is 0 Å². The molecule has 0 aromatic heterocycles. The predicted octanol–water partition coefficient (Wildman–Crippen LogP) is 4.05. The molecule has 0 fully saturated rings. The van der Waals surface area contributed by atoms with E-state index in [-0.39, 0.29) is 5.78 Å². The minimum Gasteiger partial charge on any atom is -0.386 e. The van der Waals surface area contributed by atoms with Crippen LogP contribution in [0.1, 0.15) is 36.6 Å². The summed E-state index contributed by atoms with van der Waals surface area (Å²) >= 11 is 0. The first-order valence-electron chi connectivity index (χ1n) is 7.75. The van der Waals surface area contributed by atoms with Crippen LogP contribution >= 0.6 is 0 Å². The molecular weight excluding hydrogens is 316 g/mol. The van der Waals surface area contributed by atoms with Crippen LogP contribution in [-0.4, -0.2) is 17.7 Å². The first kappa shape index (κ1) is 15.0. The van der Waals surface area contributed by atoms with E-state index in [1.54, 1.807) is 30.3 Å². The number of hydrogen-bond donors (Lipinski definition) is 0. The highest BCUT2D eigenvalue weighted by molar-refractivity contribution is 6.25. The van der Waals surface area contributed by atoms with E-state index in [0.717, 1.165) is 5.56 Å². The summed E-state index contributed by atoms with van der Waals surface area (Å²) < 4.78 is 4.73. The van der Waals surface area contributed by atoms with Crippen LogP contribution in [0.3, 0.4) is 0 Å². The number of carbonyl (C=O) groups is 3. The highest BCUT2D eigenvalue weighted by atomic mass is 16.6. The molecule has 0 spiro atoms. The lowest BCUT2D eigenvalue weighted by Crippen LogP contribution is -2.20. The Morgan fingerprint density at radius 3 is 2.28 bits per heavy atom. The molecule has 4 nitrogen and oxygen atoms in total. The van der Waals surface area contributed by atoms with Gasteiger partial charge in [0.25, 0.3) is 0 Å². The lowest BCUT2D eigenvalue weighted by Gasteiger charge is -2.16. The summed E-state index contributed by atoms with van der Waals surface area (Å²) in [5.41, 5.74) is 1.95. The molecule has 0 N–H and O–H groups in total. The second-order valence-corrected chi connectivity index (χ2v) is 5.67. The van der Waals surface area contributed by atoms with Gasteiger partial charge in [-0.25, -0.2) is 9.59 Å². The highest BCUT2D eigenvalue weighted by Crippen LogP contribution is 2.31. The monoisotopic (exact) mass is 328 g/mol. The molecule has 0 unspecified atom stereocenters. The van der Waals surface area contributed by atoms with Gasteiger partial charge in [0.2, 0.25) is 0 Å². The van der Waals surface area contributed by atoms with Crippen LogP contribution in [0, 0.1) is 0 Å². The fraction of sp³-hybridized carbons (Fsp3) is 0. The Kier molecular flexibility index (Phi) is 3.51. The van der Waals surface area contributed by atoms with Crippen LogP contribution in [-0.2, 0) is 4.74 Å². The molecule has 4 rings (SSSR count). The topological polar surface area (TPSA) is 60.4 Å². The minimum atomic E-state index is -0.687. The van der Waals surface area contributed by atoms with E-state index in [4.69, 9.17) is 4.74 Å². The van der Waals surface area contributed by atoms with Gasteiger partial charge in [0, 0.05) is 10.9 Å². The Hall–Kier alpha value is -3.53. The van der Waals surface area contributed by atoms with Gasteiger partial charge in [0.1, 0.15) is 0 Å². The molecule has 0 bridgehead atoms. The molecule has 0 radical (unpaired) electrons. The summed E-state index contributed by atoms with van der Waals surface area (Å²) in [7, 11) is 0. The Morgan fingerprint density at radius 1 is 0.800 bits per heavy atom. The van der Waals surface area contributed by atoms with E-state index >= 15 is 0 Å². The standard InChI is InChI=1S/C21H12O4/c22-18(12-9-13-5-2-1-3-6-13)14-10-11-17-19-15(14)7-4-8-16(19)20(23)25-21(17)24/h1-12H. The van der Waals surface area contributed by atoms with Crippen LogP contribution in [0.5, 0.6) is 0 Å². The summed E-state index contributed by atoms with van der Waals surface area (Å²) in [4.78, 5) is 36.5. The van der Waals surface area contributed by atoms with E-state index in [1.807, 2.05) is 30.3 Å². The Bertz CT molecular complexity index is 1040. The molecule has 0 saturated carbocycles. The second-order valence-electron chi connectivity index (χ2n) is 5.67. The quantitative estimate of drug-likeness (QED) is 0.315. The van der Waals surface area contributed by atoms with Crippen LogP contribution in [0.25, 0.3) is 16.8 Å². The molecule has 1 aliphatic heterocycles.